The van der Waals surface area contributed by atoms with Gasteiger partial charge in [-0.3, -0.25) is 9.69 Å². The summed E-state index contributed by atoms with van der Waals surface area (Å²) in [6, 6.07) is 0.123. The van der Waals surface area contributed by atoms with E-state index in [-0.39, 0.29) is 12.0 Å². The predicted molar refractivity (Wildman–Crippen MR) is 54.8 cm³/mol. The largest absolute Gasteiger partial charge is 0.468 e. The van der Waals surface area contributed by atoms with Gasteiger partial charge in [0.05, 0.1) is 7.11 Å². The zero-order chi connectivity index (χ0) is 10.7. The lowest BCUT2D eigenvalue weighted by Gasteiger charge is -2.30. The van der Waals surface area contributed by atoms with Crippen molar-refractivity contribution in [1.29, 1.82) is 0 Å². The molecule has 1 aliphatic rings. The Hall–Kier alpha value is -0.610. The predicted octanol–water partition coefficient (Wildman–Crippen LogP) is 0.217. The molecule has 0 aromatic carbocycles. The van der Waals surface area contributed by atoms with E-state index in [2.05, 4.69) is 0 Å². The average molecular weight is 200 g/mol. The van der Waals surface area contributed by atoms with E-state index in [0.29, 0.717) is 18.5 Å². The first-order chi connectivity index (χ1) is 6.61. The van der Waals surface area contributed by atoms with Gasteiger partial charge in [0, 0.05) is 12.6 Å². The van der Waals surface area contributed by atoms with Crippen LogP contribution in [0, 0.1) is 5.92 Å². The molecule has 1 fully saturated rings. The normalized spacial score (nSPS) is 20.6. The number of carbonyl (C=O) groups is 1. The van der Waals surface area contributed by atoms with Crippen LogP contribution in [0.2, 0.25) is 0 Å². The van der Waals surface area contributed by atoms with E-state index in [1.54, 1.807) is 0 Å². The first-order valence-corrected chi connectivity index (χ1v) is 5.11. The second kappa shape index (κ2) is 4.75. The van der Waals surface area contributed by atoms with Crippen molar-refractivity contribution >= 4 is 5.97 Å². The fourth-order valence-corrected chi connectivity index (χ4v) is 1.80. The van der Waals surface area contributed by atoms with Crippen LogP contribution >= 0.6 is 0 Å². The first kappa shape index (κ1) is 11.5. The van der Waals surface area contributed by atoms with Crippen molar-refractivity contribution in [3.8, 4) is 0 Å². The average Bonchev–Trinajstić information content (AvgIpc) is 3.00. The summed E-state index contributed by atoms with van der Waals surface area (Å²) in [7, 11) is 3.36. The Morgan fingerprint density at radius 3 is 2.57 bits per heavy atom. The smallest absolute Gasteiger partial charge is 0.322 e. The summed E-state index contributed by atoms with van der Waals surface area (Å²) in [5.74, 6) is 0.490. The molecule has 0 aliphatic heterocycles. The Labute approximate surface area is 85.4 Å². The molecule has 4 nitrogen and oxygen atoms in total. The fraction of sp³-hybridized carbons (Fsp3) is 0.900. The molecule has 2 N–H and O–H groups in total. The van der Waals surface area contributed by atoms with E-state index in [4.69, 9.17) is 10.5 Å². The Morgan fingerprint density at radius 1 is 1.64 bits per heavy atom. The van der Waals surface area contributed by atoms with Crippen LogP contribution in [0.25, 0.3) is 0 Å². The molecular weight excluding hydrogens is 180 g/mol. The van der Waals surface area contributed by atoms with Crippen LogP contribution in [-0.2, 0) is 9.53 Å². The molecule has 0 heterocycles. The van der Waals surface area contributed by atoms with E-state index in [9.17, 15) is 4.79 Å². The molecule has 0 radical (unpaired) electrons. The van der Waals surface area contributed by atoms with Gasteiger partial charge in [0.15, 0.2) is 0 Å². The number of nitrogens with zero attached hydrogens (tertiary/aromatic N) is 1. The zero-order valence-corrected chi connectivity index (χ0v) is 9.19. The van der Waals surface area contributed by atoms with Crippen LogP contribution in [0.15, 0.2) is 0 Å². The van der Waals surface area contributed by atoms with Crippen molar-refractivity contribution in [2.75, 3.05) is 20.7 Å². The number of likely N-dealkylation sites (N-methyl/N-ethyl adjacent to an activating group) is 1. The van der Waals surface area contributed by atoms with Gasteiger partial charge in [-0.2, -0.15) is 0 Å². The maximum atomic E-state index is 11.3. The van der Waals surface area contributed by atoms with Crippen molar-refractivity contribution in [3.63, 3.8) is 0 Å². The number of ether oxygens (including phenoxy) is 1. The number of hydrogen-bond acceptors (Lipinski definition) is 4. The van der Waals surface area contributed by atoms with Gasteiger partial charge in [-0.1, -0.05) is 0 Å². The Balaban J connectivity index is 2.52. The van der Waals surface area contributed by atoms with Gasteiger partial charge in [0.25, 0.3) is 0 Å². The third-order valence-corrected chi connectivity index (χ3v) is 3.08. The monoisotopic (exact) mass is 200 g/mol. The molecule has 0 aromatic rings. The highest BCUT2D eigenvalue weighted by Crippen LogP contribution is 2.35. The number of esters is 1. The molecule has 0 saturated heterocycles. The van der Waals surface area contributed by atoms with Crippen LogP contribution in [0.4, 0.5) is 0 Å². The van der Waals surface area contributed by atoms with Crippen molar-refractivity contribution in [3.05, 3.63) is 0 Å². The standard InChI is InChI=1S/C10H20N2O2/c1-7(10(13)14-3)12(2)9(6-11)8-4-5-8/h7-9H,4-6,11H2,1-3H3. The molecular formula is C10H20N2O2. The van der Waals surface area contributed by atoms with Crippen LogP contribution in [-0.4, -0.2) is 43.7 Å². The van der Waals surface area contributed by atoms with Crippen LogP contribution in [0.1, 0.15) is 19.8 Å². The van der Waals surface area contributed by atoms with E-state index in [1.165, 1.54) is 20.0 Å². The maximum Gasteiger partial charge on any atom is 0.322 e. The van der Waals surface area contributed by atoms with E-state index < -0.39 is 0 Å². The van der Waals surface area contributed by atoms with Gasteiger partial charge in [-0.15, -0.1) is 0 Å². The molecule has 0 bridgehead atoms. The quantitative estimate of drug-likeness (QED) is 0.645. The van der Waals surface area contributed by atoms with Gasteiger partial charge in [0.2, 0.25) is 0 Å². The molecule has 1 saturated carbocycles. The van der Waals surface area contributed by atoms with Gasteiger partial charge < -0.3 is 10.5 Å². The zero-order valence-electron chi connectivity index (χ0n) is 9.19. The summed E-state index contributed by atoms with van der Waals surface area (Å²) < 4.78 is 4.71. The van der Waals surface area contributed by atoms with E-state index in [1.807, 2.05) is 18.9 Å². The number of carbonyl (C=O) groups excluding carboxylic acids is 1. The lowest BCUT2D eigenvalue weighted by molar-refractivity contribution is -0.146. The SMILES string of the molecule is COC(=O)C(C)N(C)C(CN)C1CC1. The number of methoxy groups -OCH3 is 1. The molecule has 4 heteroatoms. The Bertz CT molecular complexity index is 204. The van der Waals surface area contributed by atoms with Gasteiger partial charge in [-0.25, -0.2) is 0 Å². The minimum atomic E-state index is -0.200. The van der Waals surface area contributed by atoms with Crippen molar-refractivity contribution in [2.45, 2.75) is 31.8 Å². The number of rotatable bonds is 5. The second-order valence-corrected chi connectivity index (χ2v) is 4.01. The molecule has 0 amide bonds. The molecule has 14 heavy (non-hydrogen) atoms. The minimum Gasteiger partial charge on any atom is -0.468 e. The van der Waals surface area contributed by atoms with Crippen LogP contribution < -0.4 is 5.73 Å². The minimum absolute atomic E-state index is 0.188. The summed E-state index contributed by atoms with van der Waals surface area (Å²) in [5.41, 5.74) is 5.70. The lowest BCUT2D eigenvalue weighted by Crippen LogP contribution is -2.47. The van der Waals surface area contributed by atoms with Crippen molar-refractivity contribution in [2.24, 2.45) is 11.7 Å². The van der Waals surface area contributed by atoms with Gasteiger partial charge in [-0.05, 0) is 32.7 Å². The number of nitrogens with two attached hydrogens (primary N) is 1. The van der Waals surface area contributed by atoms with Crippen molar-refractivity contribution < 1.29 is 9.53 Å². The summed E-state index contributed by atoms with van der Waals surface area (Å²) in [6.07, 6.45) is 2.47. The van der Waals surface area contributed by atoms with Crippen LogP contribution in [0.3, 0.4) is 0 Å². The Kier molecular flexibility index (Phi) is 3.89. The topological polar surface area (TPSA) is 55.6 Å². The lowest BCUT2D eigenvalue weighted by atomic mass is 10.1. The summed E-state index contributed by atoms with van der Waals surface area (Å²) >= 11 is 0. The second-order valence-electron chi connectivity index (χ2n) is 4.01. The molecule has 1 aliphatic carbocycles. The highest BCUT2D eigenvalue weighted by molar-refractivity contribution is 5.75. The van der Waals surface area contributed by atoms with Crippen LogP contribution in [0.5, 0.6) is 0 Å². The van der Waals surface area contributed by atoms with E-state index in [0.717, 1.165) is 0 Å². The highest BCUT2D eigenvalue weighted by Gasteiger charge is 2.36. The van der Waals surface area contributed by atoms with Crippen molar-refractivity contribution in [1.82, 2.24) is 4.90 Å². The van der Waals surface area contributed by atoms with Gasteiger partial charge in [0.1, 0.15) is 6.04 Å². The number of hydrogen-bond donors (Lipinski definition) is 1. The summed E-state index contributed by atoms with van der Waals surface area (Å²) in [4.78, 5) is 13.3. The first-order valence-electron chi connectivity index (χ1n) is 5.11. The summed E-state index contributed by atoms with van der Waals surface area (Å²) in [6.45, 7) is 2.47. The third kappa shape index (κ3) is 2.45. The van der Waals surface area contributed by atoms with Gasteiger partial charge >= 0.3 is 5.97 Å². The molecule has 0 spiro atoms. The maximum absolute atomic E-state index is 11.3. The Morgan fingerprint density at radius 2 is 2.21 bits per heavy atom. The molecule has 2 atom stereocenters. The fourth-order valence-electron chi connectivity index (χ4n) is 1.80. The molecule has 1 rings (SSSR count). The summed E-state index contributed by atoms with van der Waals surface area (Å²) in [5, 5.41) is 0. The van der Waals surface area contributed by atoms with E-state index >= 15 is 0 Å². The molecule has 2 unspecified atom stereocenters. The highest BCUT2D eigenvalue weighted by atomic mass is 16.5. The molecule has 0 aromatic heterocycles. The molecule has 82 valence electrons. The third-order valence-electron chi connectivity index (χ3n) is 3.08.